The normalized spacial score (nSPS) is 36.4. The van der Waals surface area contributed by atoms with Crippen molar-refractivity contribution in [3.63, 3.8) is 0 Å². The fraction of sp³-hybridized carbons (Fsp3) is 0.750. The SMILES string of the molecule is CCC1CCCCC(C)C12OOC1(CCCC(c3ccc(OC(=O)N4CCC(N)CC4)cc3)C1)O2. The second kappa shape index (κ2) is 10.4. The van der Waals surface area contributed by atoms with Crippen LogP contribution in [0, 0.1) is 11.8 Å². The molecule has 2 saturated heterocycles. The number of amides is 1. The number of hydrogen-bond acceptors (Lipinski definition) is 6. The molecule has 4 fully saturated rings. The van der Waals surface area contributed by atoms with E-state index < -0.39 is 11.6 Å². The summed E-state index contributed by atoms with van der Waals surface area (Å²) in [7, 11) is 0. The number of nitrogens with zero attached hydrogens (tertiary/aromatic N) is 1. The minimum absolute atomic E-state index is 0.184. The first-order chi connectivity index (χ1) is 16.9. The largest absolute Gasteiger partial charge is 0.415 e. The average molecular weight is 487 g/mol. The zero-order chi connectivity index (χ0) is 24.5. The Bertz CT molecular complexity index is 871. The Morgan fingerprint density at radius 2 is 1.80 bits per heavy atom. The number of hydrogen-bond donors (Lipinski definition) is 1. The first-order valence-electron chi connectivity index (χ1n) is 13.8. The highest BCUT2D eigenvalue weighted by atomic mass is 17.3. The van der Waals surface area contributed by atoms with Crippen LogP contribution in [0.4, 0.5) is 4.79 Å². The number of carbonyl (C=O) groups is 1. The zero-order valence-corrected chi connectivity index (χ0v) is 21.4. The highest BCUT2D eigenvalue weighted by Crippen LogP contribution is 2.54. The molecular formula is C28H42N2O5. The lowest BCUT2D eigenvalue weighted by Gasteiger charge is -2.40. The first-order valence-corrected chi connectivity index (χ1v) is 13.8. The Hall–Kier alpha value is -1.67. The third kappa shape index (κ3) is 5.10. The third-order valence-electron chi connectivity index (χ3n) is 8.88. The fourth-order valence-corrected chi connectivity index (χ4v) is 6.64. The molecule has 5 unspecified atom stereocenters. The van der Waals surface area contributed by atoms with Gasteiger partial charge >= 0.3 is 6.09 Å². The van der Waals surface area contributed by atoms with Gasteiger partial charge in [0.15, 0.2) is 0 Å². The molecule has 2 saturated carbocycles. The molecule has 2 N–H and O–H groups in total. The number of carbonyl (C=O) groups excluding carboxylic acids is 1. The van der Waals surface area contributed by atoms with Gasteiger partial charge in [-0.25, -0.2) is 4.79 Å². The molecule has 0 aromatic heterocycles. The maximum Gasteiger partial charge on any atom is 0.415 e. The molecule has 2 heterocycles. The summed E-state index contributed by atoms with van der Waals surface area (Å²) < 4.78 is 12.5. The topological polar surface area (TPSA) is 83.3 Å². The molecule has 1 amide bonds. The quantitative estimate of drug-likeness (QED) is 0.538. The Kier molecular flexibility index (Phi) is 7.40. The molecule has 1 aromatic rings. The minimum atomic E-state index is -0.671. The molecule has 2 aliphatic heterocycles. The Labute approximate surface area is 209 Å². The van der Waals surface area contributed by atoms with E-state index in [0.717, 1.165) is 57.8 Å². The van der Waals surface area contributed by atoms with E-state index in [1.807, 2.05) is 12.1 Å². The average Bonchev–Trinajstić information content (AvgIpc) is 3.16. The van der Waals surface area contributed by atoms with Gasteiger partial charge in [0.1, 0.15) is 5.75 Å². The second-order valence-corrected chi connectivity index (χ2v) is 11.2. The maximum absolute atomic E-state index is 12.5. The van der Waals surface area contributed by atoms with Crippen LogP contribution in [0.3, 0.4) is 0 Å². The molecule has 0 bridgehead atoms. The molecule has 5 atom stereocenters. The van der Waals surface area contributed by atoms with Crippen LogP contribution in [-0.2, 0) is 14.5 Å². The summed E-state index contributed by atoms with van der Waals surface area (Å²) in [6, 6.07) is 8.14. The highest BCUT2D eigenvalue weighted by Gasteiger charge is 2.60. The predicted octanol–water partition coefficient (Wildman–Crippen LogP) is 5.87. The van der Waals surface area contributed by atoms with Crippen molar-refractivity contribution in [1.29, 1.82) is 0 Å². The van der Waals surface area contributed by atoms with Crippen LogP contribution in [0.15, 0.2) is 24.3 Å². The summed E-state index contributed by atoms with van der Waals surface area (Å²) in [4.78, 5) is 26.6. The molecule has 2 spiro atoms. The van der Waals surface area contributed by atoms with E-state index >= 15 is 0 Å². The minimum Gasteiger partial charge on any atom is -0.410 e. The number of benzene rings is 1. The van der Waals surface area contributed by atoms with Crippen molar-refractivity contribution in [3.05, 3.63) is 29.8 Å². The van der Waals surface area contributed by atoms with Crippen molar-refractivity contribution in [2.24, 2.45) is 17.6 Å². The summed E-state index contributed by atoms with van der Waals surface area (Å²) in [6.45, 7) is 5.81. The van der Waals surface area contributed by atoms with Crippen molar-refractivity contribution >= 4 is 6.09 Å². The van der Waals surface area contributed by atoms with Gasteiger partial charge in [0, 0.05) is 43.8 Å². The molecule has 7 heteroatoms. The van der Waals surface area contributed by atoms with Gasteiger partial charge in [-0.05, 0) is 68.6 Å². The standard InChI is InChI=1S/C28H42N2O5/c1-3-23-9-5-4-7-20(2)28(23)33-27(34-35-28)16-6-8-22(19-27)21-10-12-25(13-11-21)32-26(31)30-17-14-24(29)15-18-30/h10-13,20,22-24H,3-9,14-19,29H2,1-2H3. The maximum atomic E-state index is 12.5. The lowest BCUT2D eigenvalue weighted by Crippen LogP contribution is -2.47. The van der Waals surface area contributed by atoms with E-state index in [2.05, 4.69) is 26.0 Å². The molecule has 4 aliphatic rings. The fourth-order valence-electron chi connectivity index (χ4n) is 6.64. The second-order valence-electron chi connectivity index (χ2n) is 11.2. The lowest BCUT2D eigenvalue weighted by atomic mass is 9.79. The van der Waals surface area contributed by atoms with Gasteiger partial charge in [0.05, 0.1) is 0 Å². The smallest absolute Gasteiger partial charge is 0.410 e. The highest BCUT2D eigenvalue weighted by molar-refractivity contribution is 5.70. The Balaban J connectivity index is 1.23. The third-order valence-corrected chi connectivity index (χ3v) is 8.88. The van der Waals surface area contributed by atoms with Crippen LogP contribution in [0.2, 0.25) is 0 Å². The van der Waals surface area contributed by atoms with Gasteiger partial charge in [0.2, 0.25) is 11.6 Å². The molecule has 2 aliphatic carbocycles. The van der Waals surface area contributed by atoms with E-state index in [4.69, 9.17) is 25.0 Å². The molecule has 7 nitrogen and oxygen atoms in total. The summed E-state index contributed by atoms with van der Waals surface area (Å²) in [5, 5.41) is 0. The number of piperidine rings is 1. The zero-order valence-electron chi connectivity index (χ0n) is 21.4. The molecule has 0 radical (unpaired) electrons. The van der Waals surface area contributed by atoms with Crippen molar-refractivity contribution in [2.45, 2.75) is 108 Å². The Morgan fingerprint density at radius 3 is 2.54 bits per heavy atom. The van der Waals surface area contributed by atoms with Gasteiger partial charge in [-0.2, -0.15) is 9.78 Å². The number of nitrogens with two attached hydrogens (primary N) is 1. The van der Waals surface area contributed by atoms with Gasteiger partial charge in [0.25, 0.3) is 0 Å². The van der Waals surface area contributed by atoms with Crippen LogP contribution in [0.5, 0.6) is 5.75 Å². The van der Waals surface area contributed by atoms with Crippen molar-refractivity contribution in [1.82, 2.24) is 4.90 Å². The molecule has 194 valence electrons. The monoisotopic (exact) mass is 486 g/mol. The van der Waals surface area contributed by atoms with E-state index in [9.17, 15) is 4.79 Å². The lowest BCUT2D eigenvalue weighted by molar-refractivity contribution is -0.372. The summed E-state index contributed by atoms with van der Waals surface area (Å²) >= 11 is 0. The van der Waals surface area contributed by atoms with Gasteiger partial charge in [-0.1, -0.05) is 38.8 Å². The first kappa shape index (κ1) is 25.0. The van der Waals surface area contributed by atoms with E-state index in [0.29, 0.717) is 36.6 Å². The van der Waals surface area contributed by atoms with Crippen molar-refractivity contribution < 1.29 is 24.0 Å². The summed E-state index contributed by atoms with van der Waals surface area (Å²) in [5.41, 5.74) is 7.17. The van der Waals surface area contributed by atoms with Gasteiger partial charge in [-0.3, -0.25) is 0 Å². The number of ether oxygens (including phenoxy) is 2. The van der Waals surface area contributed by atoms with E-state index in [1.165, 1.54) is 18.4 Å². The van der Waals surface area contributed by atoms with Crippen molar-refractivity contribution in [2.75, 3.05) is 13.1 Å². The van der Waals surface area contributed by atoms with Crippen LogP contribution in [0.1, 0.15) is 96.0 Å². The Morgan fingerprint density at radius 1 is 1.06 bits per heavy atom. The van der Waals surface area contributed by atoms with Crippen LogP contribution < -0.4 is 10.5 Å². The summed E-state index contributed by atoms with van der Waals surface area (Å²) in [5.74, 6) is 0.284. The molecule has 5 rings (SSSR count). The van der Waals surface area contributed by atoms with Crippen LogP contribution >= 0.6 is 0 Å². The number of rotatable bonds is 3. The molecular weight excluding hydrogens is 444 g/mol. The van der Waals surface area contributed by atoms with Crippen LogP contribution in [0.25, 0.3) is 0 Å². The summed E-state index contributed by atoms with van der Waals surface area (Å²) in [6.07, 6.45) is 10.9. The number of likely N-dealkylation sites (tertiary alicyclic amines) is 1. The van der Waals surface area contributed by atoms with Crippen molar-refractivity contribution in [3.8, 4) is 5.75 Å². The van der Waals surface area contributed by atoms with Gasteiger partial charge in [-0.15, -0.1) is 0 Å². The van der Waals surface area contributed by atoms with Crippen LogP contribution in [-0.4, -0.2) is 41.7 Å². The predicted molar refractivity (Wildman–Crippen MR) is 133 cm³/mol. The van der Waals surface area contributed by atoms with Gasteiger partial charge < -0.3 is 20.1 Å². The van der Waals surface area contributed by atoms with E-state index in [-0.39, 0.29) is 12.1 Å². The molecule has 35 heavy (non-hydrogen) atoms. The van der Waals surface area contributed by atoms with E-state index in [1.54, 1.807) is 4.90 Å². The molecule has 1 aromatic carbocycles.